The van der Waals surface area contributed by atoms with Gasteiger partial charge < -0.3 is 19.7 Å². The molecule has 1 amide bonds. The molecule has 11 nitrogen and oxygen atoms in total. The zero-order valence-corrected chi connectivity index (χ0v) is 26.8. The van der Waals surface area contributed by atoms with Crippen LogP contribution in [0.5, 0.6) is 6.01 Å². The zero-order valence-electron chi connectivity index (χ0n) is 26.0. The first-order valence-corrected chi connectivity index (χ1v) is 16.8. The van der Waals surface area contributed by atoms with Crippen LogP contribution in [0.15, 0.2) is 18.5 Å². The Hall–Kier alpha value is -3.77. The predicted octanol–water partition coefficient (Wildman–Crippen LogP) is 5.79. The molecule has 8 heterocycles. The Morgan fingerprint density at radius 1 is 1.07 bits per heavy atom. The number of fused-ring (bicyclic) bond motifs is 9. The molecule has 9 rings (SSSR count). The molecule has 46 heavy (non-hydrogen) atoms. The van der Waals surface area contributed by atoms with Gasteiger partial charge in [-0.05, 0) is 89.4 Å². The molecule has 5 aliphatic rings. The molecule has 0 saturated carbocycles. The number of aromatic amines is 1. The van der Waals surface area contributed by atoms with E-state index in [4.69, 9.17) is 36.0 Å². The Balaban J connectivity index is 1.30. The Bertz CT molecular complexity index is 1820. The molecule has 0 radical (unpaired) electrons. The number of aromatic nitrogens is 5. The number of halogens is 2. The van der Waals surface area contributed by atoms with E-state index < -0.39 is 17.4 Å². The molecule has 0 spiro atoms. The number of nitrogens with zero attached hydrogens (tertiary/aromatic N) is 6. The molecule has 6 bridgehead atoms. The highest BCUT2D eigenvalue weighted by Crippen LogP contribution is 2.42. The summed E-state index contributed by atoms with van der Waals surface area (Å²) in [6.45, 7) is 6.01. The molecule has 1 atom stereocenters. The summed E-state index contributed by atoms with van der Waals surface area (Å²) in [5.74, 6) is -0.0189. The first-order valence-electron chi connectivity index (χ1n) is 16.4. The van der Waals surface area contributed by atoms with Gasteiger partial charge in [0.2, 0.25) is 0 Å². The lowest BCUT2D eigenvalue weighted by molar-refractivity contribution is 0.107. The quantitative estimate of drug-likeness (QED) is 0.284. The van der Waals surface area contributed by atoms with Gasteiger partial charge >= 0.3 is 12.1 Å². The molecule has 0 unspecified atom stereocenters. The van der Waals surface area contributed by atoms with Gasteiger partial charge in [-0.1, -0.05) is 11.6 Å². The smallest absolute Gasteiger partial charge is 0.407 e. The molecule has 2 N–H and O–H groups in total. The first-order chi connectivity index (χ1) is 22.3. The summed E-state index contributed by atoms with van der Waals surface area (Å²) in [6, 6.07) is 1.95. The van der Waals surface area contributed by atoms with E-state index >= 15 is 4.39 Å². The SMILES string of the molecule is C[C@@]12CCCN(C1)c1nc(OCC34CCCN3CCC4)nc3c(F)c(ncc13)-c1c(c(Cl)cc3[nH]ncc13)CCCCOC(=O)N2. The molecule has 3 fully saturated rings. The van der Waals surface area contributed by atoms with Gasteiger partial charge in [0.05, 0.1) is 34.8 Å². The second-order valence-electron chi connectivity index (χ2n) is 13.6. The number of carbonyl (C=O) groups is 1. The number of hydrogen-bond acceptors (Lipinski definition) is 9. The number of rotatable bonds is 3. The van der Waals surface area contributed by atoms with Crippen LogP contribution in [0.1, 0.15) is 63.9 Å². The van der Waals surface area contributed by atoms with E-state index in [1.807, 2.05) is 13.0 Å². The van der Waals surface area contributed by atoms with Crippen molar-refractivity contribution in [2.75, 3.05) is 44.3 Å². The van der Waals surface area contributed by atoms with Crippen LogP contribution in [-0.4, -0.2) is 86.6 Å². The molecular formula is C33H38ClFN8O3. The maximum absolute atomic E-state index is 17.1. The van der Waals surface area contributed by atoms with Crippen molar-refractivity contribution in [1.29, 1.82) is 0 Å². The molecule has 13 heteroatoms. The minimum atomic E-state index is -0.572. The third-order valence-electron chi connectivity index (χ3n) is 10.4. The van der Waals surface area contributed by atoms with Crippen molar-refractivity contribution in [3.8, 4) is 17.3 Å². The summed E-state index contributed by atoms with van der Waals surface area (Å²) >= 11 is 6.83. The molecule has 5 aliphatic heterocycles. The van der Waals surface area contributed by atoms with Crippen molar-refractivity contribution in [2.45, 2.75) is 75.8 Å². The van der Waals surface area contributed by atoms with Crippen LogP contribution >= 0.6 is 11.6 Å². The summed E-state index contributed by atoms with van der Waals surface area (Å²) in [7, 11) is 0. The van der Waals surface area contributed by atoms with Crippen molar-refractivity contribution in [1.82, 2.24) is 35.4 Å². The lowest BCUT2D eigenvalue weighted by Crippen LogP contribution is -2.57. The number of H-pyrrole nitrogens is 1. The first kappa shape index (κ1) is 29.6. The van der Waals surface area contributed by atoms with Crippen LogP contribution < -0.4 is 15.0 Å². The summed E-state index contributed by atoms with van der Waals surface area (Å²) in [4.78, 5) is 31.9. The van der Waals surface area contributed by atoms with Crippen molar-refractivity contribution >= 4 is 45.3 Å². The molecule has 242 valence electrons. The Labute approximate surface area is 271 Å². The summed E-state index contributed by atoms with van der Waals surface area (Å²) in [5, 5.41) is 12.0. The summed E-state index contributed by atoms with van der Waals surface area (Å²) < 4.78 is 29.1. The fourth-order valence-electron chi connectivity index (χ4n) is 8.15. The van der Waals surface area contributed by atoms with E-state index in [-0.39, 0.29) is 29.4 Å². The number of pyridine rings is 1. The molecule has 3 aromatic heterocycles. The van der Waals surface area contributed by atoms with Gasteiger partial charge in [-0.25, -0.2) is 9.18 Å². The largest absolute Gasteiger partial charge is 0.461 e. The van der Waals surface area contributed by atoms with E-state index in [9.17, 15) is 4.79 Å². The number of ether oxygens (including phenoxy) is 2. The monoisotopic (exact) mass is 648 g/mol. The van der Waals surface area contributed by atoms with Crippen LogP contribution in [0.2, 0.25) is 5.02 Å². The third kappa shape index (κ3) is 5.10. The highest BCUT2D eigenvalue weighted by molar-refractivity contribution is 6.33. The van der Waals surface area contributed by atoms with E-state index in [1.54, 1.807) is 12.4 Å². The van der Waals surface area contributed by atoms with Crippen LogP contribution in [0.3, 0.4) is 0 Å². The number of alkyl carbamates (subject to hydrolysis) is 1. The number of benzene rings is 1. The Morgan fingerprint density at radius 3 is 2.74 bits per heavy atom. The van der Waals surface area contributed by atoms with Crippen LogP contribution in [0, 0.1) is 5.82 Å². The van der Waals surface area contributed by atoms with Gasteiger partial charge in [0.25, 0.3) is 0 Å². The fourth-order valence-corrected chi connectivity index (χ4v) is 8.45. The number of piperidine rings is 1. The molecule has 0 aliphatic carbocycles. The predicted molar refractivity (Wildman–Crippen MR) is 173 cm³/mol. The normalized spacial score (nSPS) is 23.4. The van der Waals surface area contributed by atoms with Gasteiger partial charge in [-0.2, -0.15) is 15.1 Å². The number of nitrogens with one attached hydrogen (secondary N) is 2. The second kappa shape index (κ2) is 11.5. The highest BCUT2D eigenvalue weighted by atomic mass is 35.5. The van der Waals surface area contributed by atoms with Crippen LogP contribution in [-0.2, 0) is 11.2 Å². The Kier molecular flexibility index (Phi) is 7.39. The average molecular weight is 649 g/mol. The number of carbonyl (C=O) groups excluding carboxylic acids is 1. The molecule has 3 saturated heterocycles. The van der Waals surface area contributed by atoms with Gasteiger partial charge in [0, 0.05) is 35.3 Å². The minimum absolute atomic E-state index is 0.0245. The van der Waals surface area contributed by atoms with E-state index in [0.29, 0.717) is 66.3 Å². The summed E-state index contributed by atoms with van der Waals surface area (Å²) in [6.07, 6.45) is 10.7. The van der Waals surface area contributed by atoms with Gasteiger partial charge in [0.15, 0.2) is 5.82 Å². The standard InChI is InChI=1S/C33H38ClFN8O3/c1-32-8-4-11-42(18-32)29-22-16-36-28(26(35)27(22)38-30(39-29)46-19-33-9-5-12-43(33)13-6-10-33)25-20(7-2-3-14-45-31(44)40-32)23(34)15-24-21(25)17-37-41-24/h15-17H,2-14,18-19H2,1H3,(H,37,41)(H,40,44)/t32-/m1/s1. The van der Waals surface area contributed by atoms with E-state index in [0.717, 1.165) is 62.6 Å². The molecular weight excluding hydrogens is 611 g/mol. The Morgan fingerprint density at radius 2 is 1.89 bits per heavy atom. The van der Waals surface area contributed by atoms with Gasteiger partial charge in [-0.15, -0.1) is 0 Å². The van der Waals surface area contributed by atoms with Gasteiger partial charge in [0.1, 0.15) is 23.6 Å². The second-order valence-corrected chi connectivity index (χ2v) is 14.0. The maximum Gasteiger partial charge on any atom is 0.407 e. The summed E-state index contributed by atoms with van der Waals surface area (Å²) in [5.41, 5.74) is 1.73. The minimum Gasteiger partial charge on any atom is -0.461 e. The maximum atomic E-state index is 17.1. The third-order valence-corrected chi connectivity index (χ3v) is 10.8. The van der Waals surface area contributed by atoms with E-state index in [1.165, 1.54) is 0 Å². The topological polar surface area (TPSA) is 121 Å². The lowest BCUT2D eigenvalue weighted by atomic mass is 9.91. The van der Waals surface area contributed by atoms with Gasteiger partial charge in [-0.3, -0.25) is 15.0 Å². The molecule has 4 aromatic rings. The lowest BCUT2D eigenvalue weighted by Gasteiger charge is -2.41. The average Bonchev–Trinajstić information content (AvgIpc) is 3.76. The molecule has 1 aromatic carbocycles. The fraction of sp³-hybridized carbons (Fsp3) is 0.545. The van der Waals surface area contributed by atoms with Crippen LogP contribution in [0.4, 0.5) is 15.0 Å². The number of anilines is 1. The van der Waals surface area contributed by atoms with Crippen molar-refractivity contribution in [3.63, 3.8) is 0 Å². The number of amides is 1. The van der Waals surface area contributed by atoms with Crippen molar-refractivity contribution in [3.05, 3.63) is 34.9 Å². The highest BCUT2D eigenvalue weighted by Gasteiger charge is 2.45. The number of hydrogen-bond donors (Lipinski definition) is 2. The van der Waals surface area contributed by atoms with Crippen LogP contribution in [0.25, 0.3) is 33.1 Å². The van der Waals surface area contributed by atoms with Crippen molar-refractivity contribution < 1.29 is 18.7 Å². The van der Waals surface area contributed by atoms with E-state index in [2.05, 4.69) is 25.3 Å². The van der Waals surface area contributed by atoms with Crippen molar-refractivity contribution in [2.24, 2.45) is 0 Å². The zero-order chi connectivity index (χ0) is 31.5.